The summed E-state index contributed by atoms with van der Waals surface area (Å²) in [5.41, 5.74) is 7.84. The quantitative estimate of drug-likeness (QED) is 0.572. The molecule has 0 bridgehead atoms. The van der Waals surface area contributed by atoms with Crippen molar-refractivity contribution in [2.45, 2.75) is 50.8 Å². The molecule has 1 aliphatic heterocycles. The van der Waals surface area contributed by atoms with E-state index in [1.54, 1.807) is 16.8 Å². The molecule has 1 saturated heterocycles. The van der Waals surface area contributed by atoms with Crippen LogP contribution in [0.5, 0.6) is 0 Å². The zero-order valence-corrected chi connectivity index (χ0v) is 17.4. The summed E-state index contributed by atoms with van der Waals surface area (Å²) in [6, 6.07) is 5.91. The molecule has 31 heavy (non-hydrogen) atoms. The summed E-state index contributed by atoms with van der Waals surface area (Å²) in [4.78, 5) is 28.7. The van der Waals surface area contributed by atoms with E-state index in [0.29, 0.717) is 23.0 Å². The number of aliphatic hydroxyl groups excluding tert-OH is 1. The van der Waals surface area contributed by atoms with Crippen LogP contribution in [0.15, 0.2) is 35.4 Å². The molecule has 1 aliphatic carbocycles. The van der Waals surface area contributed by atoms with Gasteiger partial charge in [-0.05, 0) is 37.5 Å². The molecular formula is C22H27N7O2. The van der Waals surface area contributed by atoms with Gasteiger partial charge in [0.05, 0.1) is 18.5 Å². The standard InChI is InChI=1S/C22H27N7O2/c23-16-7-8-28(12-16)18-5-6-19(24-11-18)26-22-25-10-14-9-15(13-30)21(31)29(20(14)27-22)17-3-1-2-4-17/h5-6,9-11,16-17,30H,1-4,7-8,12-13,23H2,(H,24,25,26,27). The van der Waals surface area contributed by atoms with Crippen LogP contribution in [0.2, 0.25) is 0 Å². The Morgan fingerprint density at radius 1 is 1.16 bits per heavy atom. The number of nitrogens with zero attached hydrogens (tertiary/aromatic N) is 5. The molecule has 3 aromatic heterocycles. The highest BCUT2D eigenvalue weighted by Crippen LogP contribution is 2.31. The fraction of sp³-hybridized carbons (Fsp3) is 0.455. The average molecular weight is 422 g/mol. The number of aromatic nitrogens is 4. The van der Waals surface area contributed by atoms with E-state index in [2.05, 4.69) is 25.2 Å². The van der Waals surface area contributed by atoms with Gasteiger partial charge in [-0.15, -0.1) is 0 Å². The number of hydrogen-bond donors (Lipinski definition) is 3. The van der Waals surface area contributed by atoms with Crippen molar-refractivity contribution in [2.24, 2.45) is 5.73 Å². The minimum absolute atomic E-state index is 0.105. The second kappa shape index (κ2) is 8.24. The SMILES string of the molecule is NC1CCN(c2ccc(Nc3ncc4cc(CO)c(=O)n(C5CCCC5)c4n3)nc2)C1. The first kappa shape index (κ1) is 19.9. The number of aliphatic hydroxyl groups is 1. The zero-order valence-electron chi connectivity index (χ0n) is 17.4. The molecule has 1 unspecified atom stereocenters. The van der Waals surface area contributed by atoms with Crippen LogP contribution in [-0.4, -0.2) is 43.8 Å². The minimum atomic E-state index is -0.292. The van der Waals surface area contributed by atoms with Crippen LogP contribution in [0.4, 0.5) is 17.5 Å². The Labute approximate surface area is 180 Å². The van der Waals surface area contributed by atoms with Crippen LogP contribution in [0.1, 0.15) is 43.7 Å². The molecule has 1 saturated carbocycles. The molecule has 4 heterocycles. The molecule has 2 fully saturated rings. The van der Waals surface area contributed by atoms with E-state index >= 15 is 0 Å². The van der Waals surface area contributed by atoms with E-state index < -0.39 is 0 Å². The van der Waals surface area contributed by atoms with Gasteiger partial charge in [0.15, 0.2) is 0 Å². The van der Waals surface area contributed by atoms with Crippen LogP contribution in [-0.2, 0) is 6.61 Å². The van der Waals surface area contributed by atoms with E-state index in [9.17, 15) is 9.90 Å². The number of rotatable bonds is 5. The van der Waals surface area contributed by atoms with Crippen molar-refractivity contribution in [1.82, 2.24) is 19.5 Å². The lowest BCUT2D eigenvalue weighted by Crippen LogP contribution is -2.27. The van der Waals surface area contributed by atoms with Crippen LogP contribution >= 0.6 is 0 Å². The van der Waals surface area contributed by atoms with E-state index in [1.165, 1.54) is 0 Å². The first-order valence-electron chi connectivity index (χ1n) is 10.9. The molecule has 0 aromatic carbocycles. The third-order valence-corrected chi connectivity index (χ3v) is 6.29. The third-order valence-electron chi connectivity index (χ3n) is 6.29. The van der Waals surface area contributed by atoms with Gasteiger partial charge in [0.25, 0.3) is 5.56 Å². The lowest BCUT2D eigenvalue weighted by Gasteiger charge is -2.18. The fourth-order valence-electron chi connectivity index (χ4n) is 4.64. The topological polar surface area (TPSA) is 122 Å². The molecule has 2 aliphatic rings. The Balaban J connectivity index is 1.45. The van der Waals surface area contributed by atoms with Crippen molar-refractivity contribution in [3.8, 4) is 0 Å². The monoisotopic (exact) mass is 421 g/mol. The Kier molecular flexibility index (Phi) is 5.29. The van der Waals surface area contributed by atoms with Crippen molar-refractivity contribution in [2.75, 3.05) is 23.3 Å². The Hall–Kier alpha value is -3.04. The number of pyridine rings is 2. The van der Waals surface area contributed by atoms with Gasteiger partial charge in [-0.25, -0.2) is 9.97 Å². The predicted octanol–water partition coefficient (Wildman–Crippen LogP) is 2.07. The van der Waals surface area contributed by atoms with Crippen LogP contribution < -0.4 is 21.5 Å². The molecular weight excluding hydrogens is 394 g/mol. The highest BCUT2D eigenvalue weighted by atomic mass is 16.3. The van der Waals surface area contributed by atoms with Crippen molar-refractivity contribution in [1.29, 1.82) is 0 Å². The second-order valence-electron chi connectivity index (χ2n) is 8.44. The van der Waals surface area contributed by atoms with Gasteiger partial charge in [0.2, 0.25) is 5.95 Å². The largest absolute Gasteiger partial charge is 0.391 e. The number of hydrogen-bond acceptors (Lipinski definition) is 8. The summed E-state index contributed by atoms with van der Waals surface area (Å²) in [7, 11) is 0. The average Bonchev–Trinajstić information content (AvgIpc) is 3.46. The summed E-state index contributed by atoms with van der Waals surface area (Å²) >= 11 is 0. The molecule has 3 aromatic rings. The van der Waals surface area contributed by atoms with Gasteiger partial charge in [-0.2, -0.15) is 4.98 Å². The molecule has 4 N–H and O–H groups in total. The summed E-state index contributed by atoms with van der Waals surface area (Å²) in [5.74, 6) is 1.02. The Morgan fingerprint density at radius 3 is 2.68 bits per heavy atom. The van der Waals surface area contributed by atoms with Gasteiger partial charge in [0, 0.05) is 42.3 Å². The highest BCUT2D eigenvalue weighted by molar-refractivity contribution is 5.76. The lowest BCUT2D eigenvalue weighted by atomic mass is 10.2. The molecule has 162 valence electrons. The van der Waals surface area contributed by atoms with Gasteiger partial charge in [-0.1, -0.05) is 12.8 Å². The maximum Gasteiger partial charge on any atom is 0.258 e. The molecule has 0 spiro atoms. The third kappa shape index (κ3) is 3.86. The van der Waals surface area contributed by atoms with Gasteiger partial charge < -0.3 is 21.1 Å². The number of fused-ring (bicyclic) bond motifs is 1. The second-order valence-corrected chi connectivity index (χ2v) is 8.44. The highest BCUT2D eigenvalue weighted by Gasteiger charge is 2.23. The van der Waals surface area contributed by atoms with Gasteiger partial charge in [-0.3, -0.25) is 9.36 Å². The number of nitrogens with one attached hydrogen (secondary N) is 1. The van der Waals surface area contributed by atoms with Crippen molar-refractivity contribution in [3.05, 3.63) is 46.5 Å². The van der Waals surface area contributed by atoms with E-state index in [1.807, 2.05) is 18.3 Å². The normalized spacial score (nSPS) is 19.4. The van der Waals surface area contributed by atoms with E-state index in [0.717, 1.165) is 56.3 Å². The van der Waals surface area contributed by atoms with Crippen LogP contribution in [0.3, 0.4) is 0 Å². The molecule has 0 radical (unpaired) electrons. The smallest absolute Gasteiger partial charge is 0.258 e. The Bertz CT molecular complexity index is 1140. The van der Waals surface area contributed by atoms with Gasteiger partial charge >= 0.3 is 0 Å². The fourth-order valence-corrected chi connectivity index (χ4v) is 4.64. The van der Waals surface area contributed by atoms with Crippen molar-refractivity contribution >= 4 is 28.5 Å². The summed E-state index contributed by atoms with van der Waals surface area (Å²) in [6.07, 6.45) is 8.58. The molecule has 5 rings (SSSR count). The molecule has 9 nitrogen and oxygen atoms in total. The van der Waals surface area contributed by atoms with Crippen LogP contribution in [0, 0.1) is 0 Å². The Morgan fingerprint density at radius 2 is 2.00 bits per heavy atom. The van der Waals surface area contributed by atoms with E-state index in [-0.39, 0.29) is 24.2 Å². The summed E-state index contributed by atoms with van der Waals surface area (Å²) < 4.78 is 1.74. The van der Waals surface area contributed by atoms with Crippen molar-refractivity contribution in [3.63, 3.8) is 0 Å². The van der Waals surface area contributed by atoms with E-state index in [4.69, 9.17) is 5.73 Å². The summed E-state index contributed by atoms with van der Waals surface area (Å²) in [6.45, 7) is 1.49. The molecule has 0 amide bonds. The first-order valence-corrected chi connectivity index (χ1v) is 10.9. The van der Waals surface area contributed by atoms with Crippen molar-refractivity contribution < 1.29 is 5.11 Å². The zero-order chi connectivity index (χ0) is 21.4. The maximum atomic E-state index is 13.0. The summed E-state index contributed by atoms with van der Waals surface area (Å²) in [5, 5.41) is 13.5. The molecule has 9 heteroatoms. The predicted molar refractivity (Wildman–Crippen MR) is 120 cm³/mol. The minimum Gasteiger partial charge on any atom is -0.391 e. The lowest BCUT2D eigenvalue weighted by molar-refractivity contribution is 0.279. The van der Waals surface area contributed by atoms with Gasteiger partial charge in [0.1, 0.15) is 11.5 Å². The molecule has 1 atom stereocenters. The number of anilines is 3. The number of nitrogens with two attached hydrogens (primary N) is 1. The first-order chi connectivity index (χ1) is 15.1. The maximum absolute atomic E-state index is 13.0. The van der Waals surface area contributed by atoms with Crippen LogP contribution in [0.25, 0.3) is 11.0 Å².